The summed E-state index contributed by atoms with van der Waals surface area (Å²) < 4.78 is 0. The molecule has 2 aromatic carbocycles. The van der Waals surface area contributed by atoms with E-state index >= 15 is 0 Å². The van der Waals surface area contributed by atoms with Gasteiger partial charge in [0.25, 0.3) is 0 Å². The number of rotatable bonds is 7. The average molecular weight is 437 g/mol. The number of carbonyl (C=O) groups excluding carboxylic acids is 2. The Hall–Kier alpha value is -2.82. The molecular formula is C24H28N4O2S. The van der Waals surface area contributed by atoms with Crippen LogP contribution in [-0.2, 0) is 16.1 Å². The zero-order valence-corrected chi connectivity index (χ0v) is 18.7. The normalized spacial score (nSPS) is 14.5. The second kappa shape index (κ2) is 11.5. The molecule has 3 rings (SSSR count). The van der Waals surface area contributed by atoms with Gasteiger partial charge in [-0.1, -0.05) is 29.8 Å². The van der Waals surface area contributed by atoms with Crippen LogP contribution in [0.1, 0.15) is 23.1 Å². The summed E-state index contributed by atoms with van der Waals surface area (Å²) in [4.78, 5) is 28.9. The minimum absolute atomic E-state index is 0.0911. The van der Waals surface area contributed by atoms with Crippen molar-refractivity contribution < 1.29 is 9.59 Å². The summed E-state index contributed by atoms with van der Waals surface area (Å²) in [5.41, 5.74) is 3.76. The van der Waals surface area contributed by atoms with Crippen LogP contribution >= 0.6 is 11.8 Å². The highest BCUT2D eigenvalue weighted by molar-refractivity contribution is 8.00. The molecule has 0 saturated carbocycles. The molecule has 1 N–H and O–H groups in total. The molecule has 0 radical (unpaired) electrons. The molecule has 0 bridgehead atoms. The van der Waals surface area contributed by atoms with Crippen molar-refractivity contribution in [1.29, 1.82) is 5.26 Å². The molecular weight excluding hydrogens is 408 g/mol. The van der Waals surface area contributed by atoms with Crippen LogP contribution in [0.4, 0.5) is 5.69 Å². The number of hydrogen-bond donors (Lipinski definition) is 1. The largest absolute Gasteiger partial charge is 0.341 e. The Balaban J connectivity index is 1.38. The molecule has 0 atom stereocenters. The maximum atomic E-state index is 12.6. The van der Waals surface area contributed by atoms with E-state index in [4.69, 9.17) is 5.26 Å². The quantitative estimate of drug-likeness (QED) is 0.721. The van der Waals surface area contributed by atoms with Gasteiger partial charge in [-0.05, 0) is 43.2 Å². The van der Waals surface area contributed by atoms with Crippen LogP contribution in [-0.4, -0.2) is 59.3 Å². The Morgan fingerprint density at radius 1 is 1.00 bits per heavy atom. The Bertz CT molecular complexity index is 922. The highest BCUT2D eigenvalue weighted by atomic mass is 32.2. The Kier molecular flexibility index (Phi) is 8.51. The number of amides is 2. The third-order valence-electron chi connectivity index (χ3n) is 5.22. The number of aryl methyl sites for hydroxylation is 1. The first-order valence-corrected chi connectivity index (χ1v) is 11.6. The second-order valence-electron chi connectivity index (χ2n) is 7.73. The van der Waals surface area contributed by atoms with Gasteiger partial charge in [0.2, 0.25) is 11.8 Å². The molecule has 1 aliphatic rings. The number of anilines is 1. The summed E-state index contributed by atoms with van der Waals surface area (Å²) in [5.74, 6) is 0.578. The van der Waals surface area contributed by atoms with Crippen molar-refractivity contribution in [2.75, 3.05) is 43.0 Å². The Morgan fingerprint density at radius 2 is 1.74 bits per heavy atom. The first-order chi connectivity index (χ1) is 15.0. The summed E-state index contributed by atoms with van der Waals surface area (Å²) in [6.07, 6.45) is 0.931. The molecule has 0 aromatic heterocycles. The van der Waals surface area contributed by atoms with Crippen LogP contribution < -0.4 is 5.32 Å². The smallest absolute Gasteiger partial charge is 0.234 e. The van der Waals surface area contributed by atoms with E-state index in [1.54, 1.807) is 0 Å². The lowest BCUT2D eigenvalue weighted by molar-refractivity contribution is -0.128. The molecule has 6 nitrogen and oxygen atoms in total. The van der Waals surface area contributed by atoms with Gasteiger partial charge >= 0.3 is 0 Å². The van der Waals surface area contributed by atoms with Crippen molar-refractivity contribution in [3.8, 4) is 6.07 Å². The molecule has 1 saturated heterocycles. The summed E-state index contributed by atoms with van der Waals surface area (Å²) in [6.45, 7) is 6.04. The van der Waals surface area contributed by atoms with Gasteiger partial charge in [-0.3, -0.25) is 14.5 Å². The predicted octanol–water partition coefficient (Wildman–Crippen LogP) is 3.27. The number of nitrogens with zero attached hydrogens (tertiary/aromatic N) is 3. The lowest BCUT2D eigenvalue weighted by Gasteiger charge is -2.22. The topological polar surface area (TPSA) is 76.4 Å². The van der Waals surface area contributed by atoms with E-state index in [0.717, 1.165) is 43.9 Å². The lowest BCUT2D eigenvalue weighted by Crippen LogP contribution is -2.36. The van der Waals surface area contributed by atoms with Gasteiger partial charge in [0.05, 0.1) is 23.1 Å². The number of carbonyl (C=O) groups is 2. The van der Waals surface area contributed by atoms with E-state index in [0.29, 0.717) is 17.9 Å². The molecule has 7 heteroatoms. The van der Waals surface area contributed by atoms with Crippen LogP contribution in [0.15, 0.2) is 48.5 Å². The van der Waals surface area contributed by atoms with Gasteiger partial charge in [-0.2, -0.15) is 5.26 Å². The lowest BCUT2D eigenvalue weighted by atomic mass is 10.1. The molecule has 1 aliphatic heterocycles. The molecule has 162 valence electrons. The first-order valence-electron chi connectivity index (χ1n) is 10.5. The van der Waals surface area contributed by atoms with E-state index < -0.39 is 0 Å². The van der Waals surface area contributed by atoms with Crippen LogP contribution in [0.25, 0.3) is 0 Å². The van der Waals surface area contributed by atoms with Gasteiger partial charge in [0.15, 0.2) is 0 Å². The van der Waals surface area contributed by atoms with E-state index in [1.165, 1.54) is 17.3 Å². The standard InChI is InChI=1S/C24H28N4O2S/c1-19-3-9-22(10-4-19)26-23(29)17-31-18-24(30)28-12-2-11-27(13-14-28)16-21-7-5-20(15-25)6-8-21/h3-10H,2,11-14,16-18H2,1H3,(H,26,29). The van der Waals surface area contributed by atoms with Crippen LogP contribution in [0, 0.1) is 18.3 Å². The molecule has 1 heterocycles. The van der Waals surface area contributed by atoms with Crippen molar-refractivity contribution in [3.05, 3.63) is 65.2 Å². The molecule has 0 unspecified atom stereocenters. The van der Waals surface area contributed by atoms with E-state index in [2.05, 4.69) is 16.3 Å². The SMILES string of the molecule is Cc1ccc(NC(=O)CSCC(=O)N2CCCN(Cc3ccc(C#N)cc3)CC2)cc1. The Labute approximate surface area is 188 Å². The minimum atomic E-state index is -0.0916. The minimum Gasteiger partial charge on any atom is -0.341 e. The fourth-order valence-electron chi connectivity index (χ4n) is 3.48. The zero-order chi connectivity index (χ0) is 22.1. The predicted molar refractivity (Wildman–Crippen MR) is 125 cm³/mol. The van der Waals surface area contributed by atoms with Gasteiger partial charge in [0.1, 0.15) is 0 Å². The van der Waals surface area contributed by atoms with Gasteiger partial charge in [-0.25, -0.2) is 0 Å². The summed E-state index contributed by atoms with van der Waals surface area (Å²) in [6, 6.07) is 17.5. The van der Waals surface area contributed by atoms with Crippen LogP contribution in [0.5, 0.6) is 0 Å². The highest BCUT2D eigenvalue weighted by Gasteiger charge is 2.19. The van der Waals surface area contributed by atoms with Crippen LogP contribution in [0.3, 0.4) is 0 Å². The van der Waals surface area contributed by atoms with Crippen molar-refractivity contribution >= 4 is 29.3 Å². The highest BCUT2D eigenvalue weighted by Crippen LogP contribution is 2.13. The van der Waals surface area contributed by atoms with Gasteiger partial charge < -0.3 is 10.2 Å². The van der Waals surface area contributed by atoms with E-state index in [1.807, 2.05) is 60.4 Å². The van der Waals surface area contributed by atoms with E-state index in [9.17, 15) is 9.59 Å². The summed E-state index contributed by atoms with van der Waals surface area (Å²) >= 11 is 1.36. The number of nitrogens with one attached hydrogen (secondary N) is 1. The van der Waals surface area contributed by atoms with Crippen molar-refractivity contribution in [3.63, 3.8) is 0 Å². The molecule has 2 aromatic rings. The van der Waals surface area contributed by atoms with Crippen molar-refractivity contribution in [2.45, 2.75) is 19.9 Å². The molecule has 2 amide bonds. The molecule has 0 spiro atoms. The zero-order valence-electron chi connectivity index (χ0n) is 17.8. The fourth-order valence-corrected chi connectivity index (χ4v) is 4.19. The average Bonchev–Trinajstić information content (AvgIpc) is 3.01. The number of nitriles is 1. The maximum Gasteiger partial charge on any atom is 0.234 e. The summed E-state index contributed by atoms with van der Waals surface area (Å²) in [7, 11) is 0. The maximum absolute atomic E-state index is 12.6. The Morgan fingerprint density at radius 3 is 2.45 bits per heavy atom. The first kappa shape index (κ1) is 22.9. The molecule has 1 fully saturated rings. The fraction of sp³-hybridized carbons (Fsp3) is 0.375. The number of benzene rings is 2. The van der Waals surface area contributed by atoms with Gasteiger partial charge in [0, 0.05) is 38.4 Å². The monoisotopic (exact) mass is 436 g/mol. The third-order valence-corrected chi connectivity index (χ3v) is 6.14. The van der Waals surface area contributed by atoms with Gasteiger partial charge in [-0.15, -0.1) is 11.8 Å². The van der Waals surface area contributed by atoms with Crippen molar-refractivity contribution in [2.24, 2.45) is 0 Å². The number of thioether (sulfide) groups is 1. The molecule has 31 heavy (non-hydrogen) atoms. The van der Waals surface area contributed by atoms with Crippen molar-refractivity contribution in [1.82, 2.24) is 9.80 Å². The molecule has 0 aliphatic carbocycles. The summed E-state index contributed by atoms with van der Waals surface area (Å²) in [5, 5.41) is 11.8. The third kappa shape index (κ3) is 7.42. The number of hydrogen-bond acceptors (Lipinski definition) is 5. The van der Waals surface area contributed by atoms with Crippen LogP contribution in [0.2, 0.25) is 0 Å². The second-order valence-corrected chi connectivity index (χ2v) is 8.71. The van der Waals surface area contributed by atoms with E-state index in [-0.39, 0.29) is 17.6 Å².